The predicted molar refractivity (Wildman–Crippen MR) is 72.6 cm³/mol. The van der Waals surface area contributed by atoms with E-state index in [1.54, 1.807) is 13.2 Å². The van der Waals surface area contributed by atoms with E-state index in [-0.39, 0.29) is 11.9 Å². The molecule has 0 fully saturated rings. The fraction of sp³-hybridized carbons (Fsp3) is 0.615. The topological polar surface area (TPSA) is 58.1 Å². The van der Waals surface area contributed by atoms with E-state index in [4.69, 9.17) is 0 Å². The Morgan fingerprint density at radius 3 is 2.33 bits per heavy atom. The van der Waals surface area contributed by atoms with Crippen LogP contribution in [0, 0.1) is 5.92 Å². The maximum absolute atomic E-state index is 12.3. The van der Waals surface area contributed by atoms with Crippen molar-refractivity contribution in [1.29, 1.82) is 0 Å². The van der Waals surface area contributed by atoms with Crippen molar-refractivity contribution >= 4 is 11.7 Å². The van der Waals surface area contributed by atoms with Gasteiger partial charge < -0.3 is 10.2 Å². The number of carbonyl (C=O) groups excluding carboxylic acids is 1. The summed E-state index contributed by atoms with van der Waals surface area (Å²) in [6, 6.07) is 0.158. The number of anilines is 1. The quantitative estimate of drug-likeness (QED) is 0.868. The Hall–Kier alpha value is -1.65. The zero-order chi connectivity index (χ0) is 13.7. The smallest absolute Gasteiger partial charge is 0.274 e. The van der Waals surface area contributed by atoms with Crippen LogP contribution in [0.1, 0.15) is 38.2 Å². The summed E-state index contributed by atoms with van der Waals surface area (Å²) in [6.45, 7) is 8.94. The third-order valence-corrected chi connectivity index (χ3v) is 2.57. The molecule has 1 heterocycles. The Morgan fingerprint density at radius 1 is 1.28 bits per heavy atom. The van der Waals surface area contributed by atoms with Crippen LogP contribution in [0.25, 0.3) is 0 Å². The Bertz CT molecular complexity index is 386. The van der Waals surface area contributed by atoms with Gasteiger partial charge in [-0.25, -0.2) is 9.97 Å². The van der Waals surface area contributed by atoms with Gasteiger partial charge in [-0.3, -0.25) is 4.79 Å². The highest BCUT2D eigenvalue weighted by molar-refractivity contribution is 5.92. The van der Waals surface area contributed by atoms with E-state index in [1.165, 1.54) is 6.20 Å². The summed E-state index contributed by atoms with van der Waals surface area (Å²) in [7, 11) is 1.77. The Labute approximate surface area is 109 Å². The molecule has 0 bridgehead atoms. The largest absolute Gasteiger partial charge is 0.372 e. The molecular formula is C13H22N4O. The molecule has 5 nitrogen and oxygen atoms in total. The monoisotopic (exact) mass is 250 g/mol. The van der Waals surface area contributed by atoms with Gasteiger partial charge in [-0.15, -0.1) is 0 Å². The van der Waals surface area contributed by atoms with E-state index >= 15 is 0 Å². The van der Waals surface area contributed by atoms with Crippen molar-refractivity contribution in [2.24, 2.45) is 5.92 Å². The minimum Gasteiger partial charge on any atom is -0.372 e. The SMILES string of the molecule is CNc1cnc(C(=O)N(CC(C)C)C(C)C)cn1. The molecule has 0 saturated carbocycles. The third kappa shape index (κ3) is 3.68. The van der Waals surface area contributed by atoms with E-state index in [0.29, 0.717) is 17.4 Å². The predicted octanol–water partition coefficient (Wildman–Crippen LogP) is 2.02. The average Bonchev–Trinajstić information content (AvgIpc) is 2.34. The summed E-state index contributed by atoms with van der Waals surface area (Å²) in [5.74, 6) is 1.03. The van der Waals surface area contributed by atoms with E-state index in [2.05, 4.69) is 29.1 Å². The highest BCUT2D eigenvalue weighted by Gasteiger charge is 2.20. The Kier molecular flexibility index (Phi) is 5.07. The van der Waals surface area contributed by atoms with Gasteiger partial charge in [0.05, 0.1) is 12.4 Å². The normalized spacial score (nSPS) is 10.8. The number of hydrogen-bond donors (Lipinski definition) is 1. The molecule has 1 aromatic heterocycles. The second kappa shape index (κ2) is 6.33. The molecule has 0 aliphatic carbocycles. The number of carbonyl (C=O) groups is 1. The molecule has 0 unspecified atom stereocenters. The number of hydrogen-bond acceptors (Lipinski definition) is 4. The van der Waals surface area contributed by atoms with Crippen molar-refractivity contribution in [3.8, 4) is 0 Å². The van der Waals surface area contributed by atoms with Crippen molar-refractivity contribution in [2.75, 3.05) is 18.9 Å². The second-order valence-corrected chi connectivity index (χ2v) is 4.98. The van der Waals surface area contributed by atoms with E-state index in [1.807, 2.05) is 18.7 Å². The van der Waals surface area contributed by atoms with Gasteiger partial charge in [-0.2, -0.15) is 0 Å². The molecule has 1 amide bonds. The molecule has 5 heteroatoms. The van der Waals surface area contributed by atoms with Gasteiger partial charge in [0.2, 0.25) is 0 Å². The number of aromatic nitrogens is 2. The van der Waals surface area contributed by atoms with Gasteiger partial charge >= 0.3 is 0 Å². The molecule has 100 valence electrons. The highest BCUT2D eigenvalue weighted by atomic mass is 16.2. The first-order valence-electron chi connectivity index (χ1n) is 6.26. The van der Waals surface area contributed by atoms with Crippen LogP contribution in [0.4, 0.5) is 5.82 Å². The van der Waals surface area contributed by atoms with Gasteiger partial charge in [-0.05, 0) is 19.8 Å². The maximum atomic E-state index is 12.3. The van der Waals surface area contributed by atoms with Crippen molar-refractivity contribution < 1.29 is 4.79 Å². The van der Waals surface area contributed by atoms with Crippen LogP contribution in [0.5, 0.6) is 0 Å². The summed E-state index contributed by atoms with van der Waals surface area (Å²) in [6.07, 6.45) is 3.09. The zero-order valence-electron chi connectivity index (χ0n) is 11.8. The van der Waals surface area contributed by atoms with Crippen molar-refractivity contribution in [2.45, 2.75) is 33.7 Å². The fourth-order valence-corrected chi connectivity index (χ4v) is 1.64. The number of nitrogens with one attached hydrogen (secondary N) is 1. The van der Waals surface area contributed by atoms with Gasteiger partial charge in [0.25, 0.3) is 5.91 Å². The fourth-order valence-electron chi connectivity index (χ4n) is 1.64. The lowest BCUT2D eigenvalue weighted by molar-refractivity contribution is 0.0675. The van der Waals surface area contributed by atoms with Crippen molar-refractivity contribution in [3.05, 3.63) is 18.1 Å². The van der Waals surface area contributed by atoms with Crippen molar-refractivity contribution in [3.63, 3.8) is 0 Å². The molecular weight excluding hydrogens is 228 g/mol. The molecule has 1 rings (SSSR count). The average molecular weight is 250 g/mol. The summed E-state index contributed by atoms with van der Waals surface area (Å²) < 4.78 is 0. The van der Waals surface area contributed by atoms with Crippen LogP contribution in [0.3, 0.4) is 0 Å². The summed E-state index contributed by atoms with van der Waals surface area (Å²) in [5.41, 5.74) is 0.392. The lowest BCUT2D eigenvalue weighted by Gasteiger charge is -2.28. The standard InChI is InChI=1S/C13H22N4O/c1-9(2)8-17(10(3)4)13(18)11-6-16-12(14-5)7-15-11/h6-7,9-10H,8H2,1-5H3,(H,14,16). The zero-order valence-corrected chi connectivity index (χ0v) is 11.8. The van der Waals surface area contributed by atoms with E-state index < -0.39 is 0 Å². The Morgan fingerprint density at radius 2 is 1.94 bits per heavy atom. The second-order valence-electron chi connectivity index (χ2n) is 4.98. The number of rotatable bonds is 5. The molecule has 0 aliphatic rings. The summed E-state index contributed by atoms with van der Waals surface area (Å²) in [5, 5.41) is 2.88. The first kappa shape index (κ1) is 14.4. The van der Waals surface area contributed by atoms with Crippen LogP contribution in [0.15, 0.2) is 12.4 Å². The van der Waals surface area contributed by atoms with Crippen LogP contribution in [-0.4, -0.2) is 40.4 Å². The van der Waals surface area contributed by atoms with Crippen LogP contribution >= 0.6 is 0 Å². The van der Waals surface area contributed by atoms with Gasteiger partial charge in [0, 0.05) is 19.6 Å². The lowest BCUT2D eigenvalue weighted by Crippen LogP contribution is -2.40. The number of nitrogens with zero attached hydrogens (tertiary/aromatic N) is 3. The van der Waals surface area contributed by atoms with Crippen molar-refractivity contribution in [1.82, 2.24) is 14.9 Å². The first-order chi connectivity index (χ1) is 8.45. The van der Waals surface area contributed by atoms with Crippen LogP contribution in [0.2, 0.25) is 0 Å². The summed E-state index contributed by atoms with van der Waals surface area (Å²) >= 11 is 0. The molecule has 0 aromatic carbocycles. The van der Waals surface area contributed by atoms with E-state index in [0.717, 1.165) is 6.54 Å². The van der Waals surface area contributed by atoms with Gasteiger partial charge in [-0.1, -0.05) is 13.8 Å². The Balaban J connectivity index is 2.87. The molecule has 0 aliphatic heterocycles. The molecule has 0 atom stereocenters. The molecule has 1 N–H and O–H groups in total. The van der Waals surface area contributed by atoms with E-state index in [9.17, 15) is 4.79 Å². The maximum Gasteiger partial charge on any atom is 0.274 e. The minimum absolute atomic E-state index is 0.0612. The number of amides is 1. The van der Waals surface area contributed by atoms with Crippen LogP contribution in [-0.2, 0) is 0 Å². The first-order valence-corrected chi connectivity index (χ1v) is 6.26. The lowest BCUT2D eigenvalue weighted by atomic mass is 10.1. The third-order valence-electron chi connectivity index (χ3n) is 2.57. The minimum atomic E-state index is -0.0612. The molecule has 0 radical (unpaired) electrons. The molecule has 1 aromatic rings. The molecule has 18 heavy (non-hydrogen) atoms. The molecule has 0 spiro atoms. The van der Waals surface area contributed by atoms with Gasteiger partial charge in [0.1, 0.15) is 11.5 Å². The highest BCUT2D eigenvalue weighted by Crippen LogP contribution is 2.10. The summed E-state index contributed by atoms with van der Waals surface area (Å²) in [4.78, 5) is 22.4. The van der Waals surface area contributed by atoms with Gasteiger partial charge in [0.15, 0.2) is 0 Å². The van der Waals surface area contributed by atoms with Crippen LogP contribution < -0.4 is 5.32 Å². The molecule has 0 saturated heterocycles.